The van der Waals surface area contributed by atoms with Crippen LogP contribution in [0.5, 0.6) is 0 Å². The molecule has 1 aromatic rings. The maximum atomic E-state index is 11.3. The largest absolute Gasteiger partial charge is 0.465 e. The summed E-state index contributed by atoms with van der Waals surface area (Å²) < 4.78 is 4.59. The molecule has 4 N–H and O–H groups in total. The minimum Gasteiger partial charge on any atom is -0.465 e. The molecule has 0 aliphatic heterocycles. The van der Waals surface area contributed by atoms with Gasteiger partial charge in [-0.3, -0.25) is 4.98 Å². The second-order valence-electron chi connectivity index (χ2n) is 3.16. The van der Waals surface area contributed by atoms with Crippen molar-refractivity contribution in [1.29, 1.82) is 0 Å². The van der Waals surface area contributed by atoms with Crippen LogP contribution in [-0.4, -0.2) is 24.6 Å². The summed E-state index contributed by atoms with van der Waals surface area (Å²) in [5.41, 5.74) is 12.5. The highest BCUT2D eigenvalue weighted by Crippen LogP contribution is 2.18. The van der Waals surface area contributed by atoms with Crippen molar-refractivity contribution < 1.29 is 9.53 Å². The van der Waals surface area contributed by atoms with Crippen LogP contribution in [0.1, 0.15) is 22.3 Å². The van der Waals surface area contributed by atoms with Gasteiger partial charge in [-0.1, -0.05) is 12.2 Å². The third kappa shape index (κ3) is 2.80. The van der Waals surface area contributed by atoms with E-state index >= 15 is 0 Å². The summed E-state index contributed by atoms with van der Waals surface area (Å²) in [4.78, 5) is 15.3. The number of nitrogens with zero attached hydrogens (tertiary/aromatic N) is 1. The van der Waals surface area contributed by atoms with Crippen molar-refractivity contribution in [2.24, 2.45) is 5.73 Å². The third-order valence-corrected chi connectivity index (χ3v) is 2.05. The molecule has 16 heavy (non-hydrogen) atoms. The van der Waals surface area contributed by atoms with E-state index in [1.807, 2.05) is 6.08 Å². The molecule has 0 aliphatic carbocycles. The highest BCUT2D eigenvalue weighted by atomic mass is 16.5. The van der Waals surface area contributed by atoms with Crippen molar-refractivity contribution >= 4 is 17.7 Å². The van der Waals surface area contributed by atoms with Crippen LogP contribution in [0.4, 0.5) is 5.69 Å². The van der Waals surface area contributed by atoms with Gasteiger partial charge in [-0.25, -0.2) is 4.79 Å². The van der Waals surface area contributed by atoms with Crippen LogP contribution in [0.2, 0.25) is 0 Å². The zero-order valence-electron chi connectivity index (χ0n) is 9.14. The summed E-state index contributed by atoms with van der Waals surface area (Å²) in [6, 6.07) is 0. The number of nitrogen functional groups attached to an aromatic ring is 1. The first-order valence-corrected chi connectivity index (χ1v) is 4.89. The number of aromatic nitrogens is 1. The Morgan fingerprint density at radius 1 is 1.56 bits per heavy atom. The van der Waals surface area contributed by atoms with E-state index in [1.54, 1.807) is 12.3 Å². The van der Waals surface area contributed by atoms with Gasteiger partial charge in [-0.05, 0) is 13.0 Å². The van der Waals surface area contributed by atoms with Gasteiger partial charge in [0.15, 0.2) is 0 Å². The lowest BCUT2D eigenvalue weighted by Gasteiger charge is -2.05. The topological polar surface area (TPSA) is 91.2 Å². The maximum Gasteiger partial charge on any atom is 0.341 e. The zero-order valence-corrected chi connectivity index (χ0v) is 9.14. The number of hydrogen-bond acceptors (Lipinski definition) is 5. The summed E-state index contributed by atoms with van der Waals surface area (Å²) in [5, 5.41) is 0. The molecule has 0 unspecified atom stereocenters. The monoisotopic (exact) mass is 221 g/mol. The zero-order chi connectivity index (χ0) is 12.0. The van der Waals surface area contributed by atoms with Crippen LogP contribution < -0.4 is 11.5 Å². The van der Waals surface area contributed by atoms with E-state index in [0.29, 0.717) is 17.8 Å². The lowest BCUT2D eigenvalue weighted by atomic mass is 10.1. The number of hydrogen-bond donors (Lipinski definition) is 2. The Morgan fingerprint density at radius 2 is 2.31 bits per heavy atom. The average Bonchev–Trinajstić information content (AvgIpc) is 2.30. The van der Waals surface area contributed by atoms with Gasteiger partial charge in [0.1, 0.15) is 5.56 Å². The summed E-state index contributed by atoms with van der Waals surface area (Å²) in [5.74, 6) is -0.487. The van der Waals surface area contributed by atoms with Crippen LogP contribution in [-0.2, 0) is 4.74 Å². The predicted octanol–water partition coefficient (Wildman–Crippen LogP) is 0.812. The van der Waals surface area contributed by atoms with E-state index in [0.717, 1.165) is 6.42 Å². The second kappa shape index (κ2) is 5.87. The number of ether oxygens (including phenoxy) is 1. The Balaban J connectivity index is 2.99. The number of carbonyl (C=O) groups excluding carboxylic acids is 1. The number of pyridine rings is 1. The molecule has 0 saturated heterocycles. The Kier molecular flexibility index (Phi) is 4.47. The molecular weight excluding hydrogens is 206 g/mol. The first kappa shape index (κ1) is 12.2. The second-order valence-corrected chi connectivity index (χ2v) is 3.16. The van der Waals surface area contributed by atoms with E-state index in [-0.39, 0.29) is 5.56 Å². The summed E-state index contributed by atoms with van der Waals surface area (Å²) in [7, 11) is 1.30. The molecule has 0 atom stereocenters. The lowest BCUT2D eigenvalue weighted by molar-refractivity contribution is 0.0601. The van der Waals surface area contributed by atoms with Crippen LogP contribution in [0.3, 0.4) is 0 Å². The number of rotatable bonds is 4. The number of carbonyl (C=O) groups is 1. The Morgan fingerprint density at radius 3 is 2.94 bits per heavy atom. The minimum absolute atomic E-state index is 0.275. The molecular formula is C11H15N3O2. The highest BCUT2D eigenvalue weighted by molar-refractivity contribution is 5.96. The molecule has 0 fully saturated rings. The fourth-order valence-corrected chi connectivity index (χ4v) is 1.20. The number of anilines is 1. The molecule has 0 radical (unpaired) electrons. The van der Waals surface area contributed by atoms with Crippen molar-refractivity contribution in [2.45, 2.75) is 6.42 Å². The number of esters is 1. The van der Waals surface area contributed by atoms with Crippen molar-refractivity contribution in [3.8, 4) is 0 Å². The number of methoxy groups -OCH3 is 1. The van der Waals surface area contributed by atoms with E-state index in [1.165, 1.54) is 13.3 Å². The van der Waals surface area contributed by atoms with E-state index in [2.05, 4.69) is 9.72 Å². The molecule has 86 valence electrons. The first-order valence-electron chi connectivity index (χ1n) is 4.89. The van der Waals surface area contributed by atoms with Gasteiger partial charge in [0.25, 0.3) is 0 Å². The number of nitrogens with two attached hydrogens (primary N) is 2. The van der Waals surface area contributed by atoms with E-state index in [9.17, 15) is 4.79 Å². The summed E-state index contributed by atoms with van der Waals surface area (Å²) >= 11 is 0. The molecule has 0 saturated carbocycles. The van der Waals surface area contributed by atoms with Crippen molar-refractivity contribution in [2.75, 3.05) is 19.4 Å². The lowest BCUT2D eigenvalue weighted by Crippen LogP contribution is -2.07. The van der Waals surface area contributed by atoms with E-state index < -0.39 is 5.97 Å². The Hall–Kier alpha value is -1.88. The third-order valence-electron chi connectivity index (χ3n) is 2.05. The van der Waals surface area contributed by atoms with Crippen LogP contribution >= 0.6 is 0 Å². The maximum absolute atomic E-state index is 11.3. The fraction of sp³-hybridized carbons (Fsp3) is 0.273. The molecule has 1 aromatic heterocycles. The van der Waals surface area contributed by atoms with Crippen molar-refractivity contribution in [3.05, 3.63) is 29.6 Å². The van der Waals surface area contributed by atoms with Gasteiger partial charge in [-0.2, -0.15) is 0 Å². The fourth-order valence-electron chi connectivity index (χ4n) is 1.20. The van der Waals surface area contributed by atoms with Gasteiger partial charge >= 0.3 is 5.97 Å². The molecule has 0 aromatic carbocycles. The molecule has 1 rings (SSSR count). The van der Waals surface area contributed by atoms with Gasteiger partial charge in [0.05, 0.1) is 12.8 Å². The van der Waals surface area contributed by atoms with E-state index in [4.69, 9.17) is 11.5 Å². The van der Waals surface area contributed by atoms with Crippen LogP contribution in [0, 0.1) is 0 Å². The molecule has 5 heteroatoms. The molecule has 0 spiro atoms. The van der Waals surface area contributed by atoms with Gasteiger partial charge in [-0.15, -0.1) is 0 Å². The quantitative estimate of drug-likeness (QED) is 0.734. The normalized spacial score (nSPS) is 10.6. The molecule has 0 amide bonds. The molecule has 1 heterocycles. The molecule has 0 aliphatic rings. The van der Waals surface area contributed by atoms with Crippen LogP contribution in [0.15, 0.2) is 18.5 Å². The standard InChI is InChI=1S/C11H15N3O2/c1-16-11(15)9-7-14-6-8(10(9)13)4-2-3-5-12/h2,4,6-7H,3,5,12H2,1H3,(H2,13,14)/b4-2+. The predicted molar refractivity (Wildman–Crippen MR) is 62.7 cm³/mol. The van der Waals surface area contributed by atoms with Crippen molar-refractivity contribution in [1.82, 2.24) is 4.98 Å². The minimum atomic E-state index is -0.487. The highest BCUT2D eigenvalue weighted by Gasteiger charge is 2.11. The first-order chi connectivity index (χ1) is 7.70. The molecule has 0 bridgehead atoms. The smallest absolute Gasteiger partial charge is 0.341 e. The Bertz CT molecular complexity index is 402. The average molecular weight is 221 g/mol. The Labute approximate surface area is 94.1 Å². The summed E-state index contributed by atoms with van der Waals surface area (Å²) in [6.45, 7) is 0.570. The van der Waals surface area contributed by atoms with Gasteiger partial charge < -0.3 is 16.2 Å². The SMILES string of the molecule is COC(=O)c1cncc(/C=C/CCN)c1N. The van der Waals surface area contributed by atoms with Gasteiger partial charge in [0.2, 0.25) is 0 Å². The van der Waals surface area contributed by atoms with Crippen molar-refractivity contribution in [3.63, 3.8) is 0 Å². The summed E-state index contributed by atoms with van der Waals surface area (Å²) in [6.07, 6.45) is 7.41. The van der Waals surface area contributed by atoms with Gasteiger partial charge in [0, 0.05) is 18.0 Å². The molecule has 5 nitrogen and oxygen atoms in total. The van der Waals surface area contributed by atoms with Crippen LogP contribution in [0.25, 0.3) is 6.08 Å².